The van der Waals surface area contributed by atoms with Gasteiger partial charge in [0.25, 0.3) is 0 Å². The molecule has 5 atom stereocenters. The second-order valence-electron chi connectivity index (χ2n) is 8.32. The summed E-state index contributed by atoms with van der Waals surface area (Å²) in [5, 5.41) is 0. The second-order valence-corrected chi connectivity index (χ2v) is 8.59. The average Bonchev–Trinajstić information content (AvgIpc) is 2.93. The minimum absolute atomic E-state index is 0.00296. The van der Waals surface area contributed by atoms with Crippen molar-refractivity contribution in [1.29, 1.82) is 0 Å². The van der Waals surface area contributed by atoms with Crippen molar-refractivity contribution in [3.8, 4) is 0 Å². The summed E-state index contributed by atoms with van der Waals surface area (Å²) < 4.78 is 16.8. The van der Waals surface area contributed by atoms with Gasteiger partial charge in [0.1, 0.15) is 6.29 Å². The molecule has 1 rings (SSSR count). The highest BCUT2D eigenvalue weighted by molar-refractivity contribution is 7.09. The molecule has 1 aliphatic rings. The van der Waals surface area contributed by atoms with E-state index >= 15 is 0 Å². The molecular formula is C20H35O5P. The molecule has 0 bridgehead atoms. The van der Waals surface area contributed by atoms with Gasteiger partial charge in [-0.3, -0.25) is 4.79 Å². The van der Waals surface area contributed by atoms with Crippen molar-refractivity contribution in [3.05, 3.63) is 12.2 Å². The van der Waals surface area contributed by atoms with Crippen LogP contribution in [-0.2, 0) is 23.6 Å². The largest absolute Gasteiger partial charge is 0.465 e. The Kier molecular flexibility index (Phi) is 9.99. The van der Waals surface area contributed by atoms with Crippen molar-refractivity contribution in [2.45, 2.75) is 84.5 Å². The van der Waals surface area contributed by atoms with Crippen LogP contribution in [0.4, 0.5) is 0 Å². The van der Waals surface area contributed by atoms with Crippen LogP contribution in [0.1, 0.15) is 66.2 Å². The lowest BCUT2D eigenvalue weighted by Crippen LogP contribution is -2.23. The van der Waals surface area contributed by atoms with Gasteiger partial charge in [0.05, 0.1) is 30.3 Å². The summed E-state index contributed by atoms with van der Waals surface area (Å²) in [7, 11) is 2.30. The molecule has 0 aromatic carbocycles. The first-order valence-corrected chi connectivity index (χ1v) is 9.95. The summed E-state index contributed by atoms with van der Waals surface area (Å²) in [6.45, 7) is 12.0. The fraction of sp³-hybridized carbons (Fsp3) is 0.800. The molecule has 0 aliphatic carbocycles. The van der Waals surface area contributed by atoms with Gasteiger partial charge < -0.3 is 18.8 Å². The summed E-state index contributed by atoms with van der Waals surface area (Å²) in [5.74, 6) is -0.169. The van der Waals surface area contributed by atoms with E-state index < -0.39 is 5.41 Å². The van der Waals surface area contributed by atoms with Gasteiger partial charge in [0.2, 0.25) is 0 Å². The molecule has 5 nitrogen and oxygen atoms in total. The Balaban J connectivity index is 2.28. The Morgan fingerprint density at radius 2 is 2.12 bits per heavy atom. The average molecular weight is 386 g/mol. The van der Waals surface area contributed by atoms with Crippen LogP contribution in [0.2, 0.25) is 0 Å². The summed E-state index contributed by atoms with van der Waals surface area (Å²) >= 11 is 0. The number of hydrogen-bond donors (Lipinski definition) is 0. The Labute approximate surface area is 160 Å². The van der Waals surface area contributed by atoms with Gasteiger partial charge in [0, 0.05) is 15.4 Å². The third kappa shape index (κ3) is 8.28. The van der Waals surface area contributed by atoms with E-state index in [2.05, 4.69) is 16.0 Å². The molecule has 1 fully saturated rings. The molecular weight excluding hydrogens is 351 g/mol. The molecule has 0 amide bonds. The molecule has 0 N–H and O–H groups in total. The number of carbonyl (C=O) groups excluding carboxylic acids is 2. The standard InChI is InChI=1S/C20H35O5P/c1-14(13-21)11-17(25-26)8-9-18-15(2)12-16(24-18)7-6-10-23-19(22)20(3,4)5/h13-14,16-18H,2,6-12,26H2,1,3-5H3/t14-,16+,17?,18+/m1/s1. The minimum atomic E-state index is -0.458. The van der Waals surface area contributed by atoms with E-state index in [9.17, 15) is 9.59 Å². The molecule has 1 heterocycles. The predicted octanol–water partition coefficient (Wildman–Crippen LogP) is 4.25. The predicted molar refractivity (Wildman–Crippen MR) is 106 cm³/mol. The molecule has 0 saturated carbocycles. The van der Waals surface area contributed by atoms with Crippen molar-refractivity contribution >= 4 is 21.7 Å². The maximum absolute atomic E-state index is 11.7. The lowest BCUT2D eigenvalue weighted by Gasteiger charge is -2.20. The Morgan fingerprint density at radius 1 is 1.42 bits per heavy atom. The molecule has 0 radical (unpaired) electrons. The topological polar surface area (TPSA) is 61.8 Å². The van der Waals surface area contributed by atoms with Gasteiger partial charge in [-0.15, -0.1) is 0 Å². The van der Waals surface area contributed by atoms with Gasteiger partial charge in [0.15, 0.2) is 0 Å². The maximum atomic E-state index is 11.7. The summed E-state index contributed by atoms with van der Waals surface area (Å²) in [6.07, 6.45) is 6.09. The summed E-state index contributed by atoms with van der Waals surface area (Å²) in [5.41, 5.74) is 0.661. The zero-order valence-corrected chi connectivity index (χ0v) is 17.8. The van der Waals surface area contributed by atoms with Crippen LogP contribution in [0.3, 0.4) is 0 Å². The molecule has 26 heavy (non-hydrogen) atoms. The fourth-order valence-electron chi connectivity index (χ4n) is 2.98. The van der Waals surface area contributed by atoms with E-state index in [4.69, 9.17) is 14.0 Å². The Hall–Kier alpha value is -0.770. The lowest BCUT2D eigenvalue weighted by molar-refractivity contribution is -0.153. The summed E-state index contributed by atoms with van der Waals surface area (Å²) in [4.78, 5) is 22.5. The molecule has 6 heteroatoms. The van der Waals surface area contributed by atoms with E-state index in [1.807, 2.05) is 27.7 Å². The highest BCUT2D eigenvalue weighted by Crippen LogP contribution is 2.31. The number of hydrogen-bond acceptors (Lipinski definition) is 5. The highest BCUT2D eigenvalue weighted by atomic mass is 31.0. The van der Waals surface area contributed by atoms with Gasteiger partial charge in [-0.2, -0.15) is 0 Å². The highest BCUT2D eigenvalue weighted by Gasteiger charge is 2.29. The molecule has 0 aromatic rings. The van der Waals surface area contributed by atoms with E-state index in [0.29, 0.717) is 6.61 Å². The third-order valence-electron chi connectivity index (χ3n) is 4.63. The monoisotopic (exact) mass is 386 g/mol. The van der Waals surface area contributed by atoms with Crippen LogP contribution in [0, 0.1) is 11.3 Å². The minimum Gasteiger partial charge on any atom is -0.465 e. The van der Waals surface area contributed by atoms with Gasteiger partial charge in [-0.05, 0) is 64.9 Å². The number of carbonyl (C=O) groups is 2. The third-order valence-corrected chi connectivity index (χ3v) is 5.01. The summed E-state index contributed by atoms with van der Waals surface area (Å²) in [6, 6.07) is 0. The van der Waals surface area contributed by atoms with E-state index in [1.54, 1.807) is 0 Å². The molecule has 0 aromatic heterocycles. The van der Waals surface area contributed by atoms with Crippen molar-refractivity contribution in [3.63, 3.8) is 0 Å². The van der Waals surface area contributed by atoms with E-state index in [1.165, 1.54) is 0 Å². The van der Waals surface area contributed by atoms with Crippen LogP contribution in [0.5, 0.6) is 0 Å². The Bertz CT molecular complexity index is 471. The first-order valence-electron chi connectivity index (χ1n) is 9.48. The molecule has 1 aliphatic heterocycles. The first-order chi connectivity index (χ1) is 12.2. The zero-order valence-electron chi connectivity index (χ0n) is 16.7. The van der Waals surface area contributed by atoms with E-state index in [0.717, 1.165) is 50.4 Å². The van der Waals surface area contributed by atoms with Gasteiger partial charge in [-0.25, -0.2) is 0 Å². The van der Waals surface area contributed by atoms with E-state index in [-0.39, 0.29) is 30.2 Å². The number of esters is 1. The first kappa shape index (κ1) is 23.3. The smallest absolute Gasteiger partial charge is 0.311 e. The Morgan fingerprint density at radius 3 is 2.69 bits per heavy atom. The number of aldehydes is 1. The van der Waals surface area contributed by atoms with Crippen LogP contribution in [0.15, 0.2) is 12.2 Å². The van der Waals surface area contributed by atoms with Crippen LogP contribution in [-0.4, -0.2) is 37.2 Å². The van der Waals surface area contributed by atoms with Crippen molar-refractivity contribution in [2.24, 2.45) is 11.3 Å². The quantitative estimate of drug-likeness (QED) is 0.175. The lowest BCUT2D eigenvalue weighted by atomic mass is 9.97. The molecule has 150 valence electrons. The molecule has 0 spiro atoms. The maximum Gasteiger partial charge on any atom is 0.311 e. The molecule has 2 unspecified atom stereocenters. The van der Waals surface area contributed by atoms with Crippen LogP contribution >= 0.6 is 9.47 Å². The fourth-order valence-corrected chi connectivity index (χ4v) is 3.23. The van der Waals surface area contributed by atoms with Crippen molar-refractivity contribution in [2.75, 3.05) is 6.61 Å². The van der Waals surface area contributed by atoms with Crippen molar-refractivity contribution in [1.82, 2.24) is 0 Å². The molecule has 1 saturated heterocycles. The van der Waals surface area contributed by atoms with Crippen molar-refractivity contribution < 1.29 is 23.6 Å². The second kappa shape index (κ2) is 11.2. The number of ether oxygens (including phenoxy) is 2. The van der Waals surface area contributed by atoms with Crippen LogP contribution in [0.25, 0.3) is 0 Å². The van der Waals surface area contributed by atoms with Gasteiger partial charge in [-0.1, -0.05) is 13.5 Å². The van der Waals surface area contributed by atoms with Gasteiger partial charge >= 0.3 is 5.97 Å². The zero-order chi connectivity index (χ0) is 19.7. The number of rotatable bonds is 11. The normalized spacial score (nSPS) is 22.9. The SMILES string of the molecule is C=C1C[C@H](CCCOC(=O)C(C)(C)C)O[C@H]1CCC(C[C@@H](C)C=O)OP. The van der Waals surface area contributed by atoms with Crippen LogP contribution < -0.4 is 0 Å².